The van der Waals surface area contributed by atoms with E-state index in [1.54, 1.807) is 12.1 Å². The predicted molar refractivity (Wildman–Crippen MR) is 82.9 cm³/mol. The molecule has 112 valence electrons. The summed E-state index contributed by atoms with van der Waals surface area (Å²) in [6.45, 7) is 3.79. The van der Waals surface area contributed by atoms with Gasteiger partial charge >= 0.3 is 0 Å². The quantitative estimate of drug-likeness (QED) is 0.811. The van der Waals surface area contributed by atoms with Crippen molar-refractivity contribution in [2.75, 3.05) is 24.2 Å². The number of sulfone groups is 1. The lowest BCUT2D eigenvalue weighted by Crippen LogP contribution is -2.24. The van der Waals surface area contributed by atoms with Gasteiger partial charge in [0.1, 0.15) is 0 Å². The van der Waals surface area contributed by atoms with Crippen LogP contribution < -0.4 is 10.6 Å². The second kappa shape index (κ2) is 7.09. The fraction of sp³-hybridized carbons (Fsp3) is 0.600. The second-order valence-electron chi connectivity index (χ2n) is 5.32. The molecule has 0 spiro atoms. The van der Waals surface area contributed by atoms with Gasteiger partial charge < -0.3 is 10.6 Å². The van der Waals surface area contributed by atoms with Gasteiger partial charge in [-0.2, -0.15) is 0 Å². The van der Waals surface area contributed by atoms with Gasteiger partial charge in [-0.05, 0) is 44.4 Å². The highest BCUT2D eigenvalue weighted by molar-refractivity contribution is 7.91. The van der Waals surface area contributed by atoms with E-state index in [4.69, 9.17) is 0 Å². The maximum Gasteiger partial charge on any atom is 0.180 e. The average molecular weight is 296 g/mol. The van der Waals surface area contributed by atoms with Gasteiger partial charge in [0.25, 0.3) is 0 Å². The largest absolute Gasteiger partial charge is 0.384 e. The number of anilines is 1. The molecule has 1 fully saturated rings. The summed E-state index contributed by atoms with van der Waals surface area (Å²) in [5.74, 6) is 0.204. The SMILES string of the molecule is CCCS(=O)(=O)c1ccccc1NCC[C@H]1CCCN1. The molecule has 1 heterocycles. The number of nitrogens with one attached hydrogen (secondary N) is 2. The Morgan fingerprint density at radius 1 is 1.35 bits per heavy atom. The third kappa shape index (κ3) is 3.96. The van der Waals surface area contributed by atoms with Crippen LogP contribution in [0.2, 0.25) is 0 Å². The van der Waals surface area contributed by atoms with E-state index in [-0.39, 0.29) is 5.75 Å². The molecule has 0 aromatic heterocycles. The topological polar surface area (TPSA) is 58.2 Å². The van der Waals surface area contributed by atoms with Gasteiger partial charge in [-0.25, -0.2) is 8.42 Å². The Kier molecular flexibility index (Phi) is 5.43. The minimum atomic E-state index is -3.17. The van der Waals surface area contributed by atoms with Crippen LogP contribution in [0.3, 0.4) is 0 Å². The monoisotopic (exact) mass is 296 g/mol. The molecule has 0 radical (unpaired) electrons. The molecule has 0 bridgehead atoms. The van der Waals surface area contributed by atoms with Crippen molar-refractivity contribution in [3.05, 3.63) is 24.3 Å². The summed E-state index contributed by atoms with van der Waals surface area (Å²) in [5, 5.41) is 6.74. The Morgan fingerprint density at radius 2 is 2.15 bits per heavy atom. The Balaban J connectivity index is 2.00. The first-order valence-electron chi connectivity index (χ1n) is 7.42. The lowest BCUT2D eigenvalue weighted by molar-refractivity contribution is 0.574. The Morgan fingerprint density at radius 3 is 2.85 bits per heavy atom. The smallest absolute Gasteiger partial charge is 0.180 e. The van der Waals surface area contributed by atoms with Gasteiger partial charge in [0.15, 0.2) is 9.84 Å². The van der Waals surface area contributed by atoms with Gasteiger partial charge in [0.05, 0.1) is 16.3 Å². The molecular formula is C15H24N2O2S. The summed E-state index contributed by atoms with van der Waals surface area (Å²) in [6.07, 6.45) is 4.13. The Bertz CT molecular complexity index is 522. The highest BCUT2D eigenvalue weighted by atomic mass is 32.2. The molecule has 1 aromatic carbocycles. The molecular weight excluding hydrogens is 272 g/mol. The van der Waals surface area contributed by atoms with E-state index in [1.165, 1.54) is 12.8 Å². The van der Waals surface area contributed by atoms with Gasteiger partial charge in [-0.3, -0.25) is 0 Å². The maximum absolute atomic E-state index is 12.2. The van der Waals surface area contributed by atoms with Gasteiger partial charge in [-0.15, -0.1) is 0 Å². The van der Waals surface area contributed by atoms with Crippen LogP contribution in [0.1, 0.15) is 32.6 Å². The first kappa shape index (κ1) is 15.3. The molecule has 0 aliphatic carbocycles. The van der Waals surface area contributed by atoms with Crippen molar-refractivity contribution in [2.45, 2.75) is 43.5 Å². The van der Waals surface area contributed by atoms with E-state index in [9.17, 15) is 8.42 Å². The number of rotatable bonds is 7. The number of hydrogen-bond acceptors (Lipinski definition) is 4. The van der Waals surface area contributed by atoms with Crippen LogP contribution in [0.25, 0.3) is 0 Å². The van der Waals surface area contributed by atoms with E-state index in [1.807, 2.05) is 19.1 Å². The fourth-order valence-electron chi connectivity index (χ4n) is 2.65. The van der Waals surface area contributed by atoms with Crippen molar-refractivity contribution in [3.63, 3.8) is 0 Å². The van der Waals surface area contributed by atoms with E-state index < -0.39 is 9.84 Å². The van der Waals surface area contributed by atoms with Crippen molar-refractivity contribution in [1.82, 2.24) is 5.32 Å². The number of hydrogen-bond donors (Lipinski definition) is 2. The molecule has 1 aliphatic rings. The lowest BCUT2D eigenvalue weighted by atomic mass is 10.1. The molecule has 5 heteroatoms. The van der Waals surface area contributed by atoms with E-state index >= 15 is 0 Å². The summed E-state index contributed by atoms with van der Waals surface area (Å²) < 4.78 is 24.4. The molecule has 0 amide bonds. The van der Waals surface area contributed by atoms with Crippen LogP contribution in [0, 0.1) is 0 Å². The normalized spacial score (nSPS) is 19.1. The third-order valence-electron chi connectivity index (χ3n) is 3.67. The van der Waals surface area contributed by atoms with Gasteiger partial charge in [0, 0.05) is 12.6 Å². The molecule has 0 saturated carbocycles. The minimum absolute atomic E-state index is 0.204. The second-order valence-corrected chi connectivity index (χ2v) is 7.40. The van der Waals surface area contributed by atoms with Gasteiger partial charge in [0.2, 0.25) is 0 Å². The first-order chi connectivity index (χ1) is 9.63. The van der Waals surface area contributed by atoms with Crippen molar-refractivity contribution in [3.8, 4) is 0 Å². The van der Waals surface area contributed by atoms with Crippen molar-refractivity contribution in [1.29, 1.82) is 0 Å². The molecule has 1 aromatic rings. The lowest BCUT2D eigenvalue weighted by Gasteiger charge is -2.14. The highest BCUT2D eigenvalue weighted by Gasteiger charge is 2.18. The summed E-state index contributed by atoms with van der Waals surface area (Å²) >= 11 is 0. The van der Waals surface area contributed by atoms with Crippen molar-refractivity contribution in [2.24, 2.45) is 0 Å². The van der Waals surface area contributed by atoms with Crippen LogP contribution in [0.5, 0.6) is 0 Å². The Labute approximate surface area is 121 Å². The van der Waals surface area contributed by atoms with E-state index in [2.05, 4.69) is 10.6 Å². The zero-order valence-corrected chi connectivity index (χ0v) is 12.9. The number of para-hydroxylation sites is 1. The number of benzene rings is 1. The zero-order valence-electron chi connectivity index (χ0n) is 12.1. The average Bonchev–Trinajstić information content (AvgIpc) is 2.92. The maximum atomic E-state index is 12.2. The van der Waals surface area contributed by atoms with Crippen LogP contribution >= 0.6 is 0 Å². The molecule has 0 unspecified atom stereocenters. The van der Waals surface area contributed by atoms with Crippen LogP contribution in [-0.2, 0) is 9.84 Å². The van der Waals surface area contributed by atoms with Crippen molar-refractivity contribution >= 4 is 15.5 Å². The van der Waals surface area contributed by atoms with Crippen LogP contribution in [0.15, 0.2) is 29.2 Å². The zero-order chi connectivity index (χ0) is 14.4. The summed E-state index contributed by atoms with van der Waals surface area (Å²) in [7, 11) is -3.17. The molecule has 2 N–H and O–H groups in total. The van der Waals surface area contributed by atoms with Gasteiger partial charge in [-0.1, -0.05) is 19.1 Å². The molecule has 1 aliphatic heterocycles. The fourth-order valence-corrected chi connectivity index (χ4v) is 4.17. The van der Waals surface area contributed by atoms with Crippen LogP contribution in [0.4, 0.5) is 5.69 Å². The van der Waals surface area contributed by atoms with Crippen molar-refractivity contribution < 1.29 is 8.42 Å². The summed E-state index contributed by atoms with van der Waals surface area (Å²) in [6, 6.07) is 7.78. The summed E-state index contributed by atoms with van der Waals surface area (Å²) in [4.78, 5) is 0.432. The standard InChI is InChI=1S/C15H24N2O2S/c1-2-12-20(18,19)15-8-4-3-7-14(15)17-11-9-13-6-5-10-16-13/h3-4,7-8,13,16-17H,2,5-6,9-12H2,1H3/t13-/m1/s1. The predicted octanol–water partition coefficient (Wildman–Crippen LogP) is 2.42. The molecule has 4 nitrogen and oxygen atoms in total. The molecule has 20 heavy (non-hydrogen) atoms. The van der Waals surface area contributed by atoms with Crippen LogP contribution in [-0.4, -0.2) is 33.3 Å². The summed E-state index contributed by atoms with van der Waals surface area (Å²) in [5.41, 5.74) is 0.735. The highest BCUT2D eigenvalue weighted by Crippen LogP contribution is 2.22. The minimum Gasteiger partial charge on any atom is -0.384 e. The Hall–Kier alpha value is -1.07. The van der Waals surface area contributed by atoms with E-state index in [0.717, 1.165) is 25.2 Å². The molecule has 1 saturated heterocycles. The third-order valence-corrected chi connectivity index (χ3v) is 5.64. The molecule has 2 rings (SSSR count). The molecule has 1 atom stereocenters. The van der Waals surface area contributed by atoms with E-state index in [0.29, 0.717) is 17.4 Å². The first-order valence-corrected chi connectivity index (χ1v) is 9.08.